The summed E-state index contributed by atoms with van der Waals surface area (Å²) in [5, 5.41) is 114. The minimum absolute atomic E-state index is 0.0392. The van der Waals surface area contributed by atoms with E-state index in [4.69, 9.17) is 23.7 Å². The summed E-state index contributed by atoms with van der Waals surface area (Å²) < 4.78 is 29.8. The fourth-order valence-corrected chi connectivity index (χ4v) is 7.23. The number of aliphatic hydroxyl groups is 11. The molecule has 43 heavy (non-hydrogen) atoms. The largest absolute Gasteiger partial charge is 0.394 e. The van der Waals surface area contributed by atoms with E-state index in [1.807, 2.05) is 0 Å². The zero-order valence-corrected chi connectivity index (χ0v) is 23.8. The summed E-state index contributed by atoms with van der Waals surface area (Å²) in [4.78, 5) is 0. The van der Waals surface area contributed by atoms with Crippen LogP contribution in [0.3, 0.4) is 0 Å². The molecule has 16 heteroatoms. The Bertz CT molecular complexity index is 902. The van der Waals surface area contributed by atoms with E-state index in [9.17, 15) is 56.2 Å². The molecule has 5 aliphatic rings. The van der Waals surface area contributed by atoms with Crippen LogP contribution in [0.15, 0.2) is 0 Å². The topological polar surface area (TPSA) is 269 Å². The monoisotopic (exact) mass is 626 g/mol. The second-order valence-corrected chi connectivity index (χ2v) is 12.8. The summed E-state index contributed by atoms with van der Waals surface area (Å²) in [5.41, 5.74) is 0. The molecule has 16 nitrogen and oxygen atoms in total. The third-order valence-electron chi connectivity index (χ3n) is 9.77. The highest BCUT2D eigenvalue weighted by Crippen LogP contribution is 2.43. The lowest BCUT2D eigenvalue weighted by Gasteiger charge is -2.52. The van der Waals surface area contributed by atoms with Gasteiger partial charge in [-0.25, -0.2) is 0 Å². The SMILES string of the molecule is CC1OC(OC2C(OC3CC4C(O)CC(O)CC4OC3C3CC(O)C(O)C(O)C3)OC(CO)C(O)C2O)C(O)C(O)C1O. The Labute approximate surface area is 248 Å². The van der Waals surface area contributed by atoms with E-state index in [0.717, 1.165) is 0 Å². The molecule has 11 N–H and O–H groups in total. The van der Waals surface area contributed by atoms with Crippen molar-refractivity contribution in [1.82, 2.24) is 0 Å². The third kappa shape index (κ3) is 6.76. The smallest absolute Gasteiger partial charge is 0.187 e. The zero-order valence-electron chi connectivity index (χ0n) is 23.8. The average Bonchev–Trinajstić information content (AvgIpc) is 2.96. The molecule has 0 aromatic carbocycles. The molecule has 18 atom stereocenters. The van der Waals surface area contributed by atoms with Crippen LogP contribution in [0.25, 0.3) is 0 Å². The molecule has 0 radical (unpaired) electrons. The van der Waals surface area contributed by atoms with E-state index in [1.165, 1.54) is 6.92 Å². The van der Waals surface area contributed by atoms with E-state index in [2.05, 4.69) is 0 Å². The first-order chi connectivity index (χ1) is 20.3. The van der Waals surface area contributed by atoms with Crippen molar-refractivity contribution in [3.8, 4) is 0 Å². The molecule has 18 unspecified atom stereocenters. The predicted molar refractivity (Wildman–Crippen MR) is 139 cm³/mol. The van der Waals surface area contributed by atoms with E-state index in [-0.39, 0.29) is 32.1 Å². The molecule has 0 bridgehead atoms. The van der Waals surface area contributed by atoms with Crippen LogP contribution < -0.4 is 0 Å². The fourth-order valence-electron chi connectivity index (χ4n) is 7.23. The molecule has 3 aliphatic heterocycles. The molecule has 0 amide bonds. The van der Waals surface area contributed by atoms with Gasteiger partial charge in [0.2, 0.25) is 0 Å². The Morgan fingerprint density at radius 1 is 0.605 bits per heavy atom. The highest BCUT2D eigenvalue weighted by Gasteiger charge is 2.54. The van der Waals surface area contributed by atoms with E-state index in [1.54, 1.807) is 0 Å². The predicted octanol–water partition coefficient (Wildman–Crippen LogP) is -5.19. The van der Waals surface area contributed by atoms with E-state index in [0.29, 0.717) is 0 Å². The van der Waals surface area contributed by atoms with Crippen molar-refractivity contribution in [2.75, 3.05) is 6.61 Å². The van der Waals surface area contributed by atoms with Gasteiger partial charge in [-0.1, -0.05) is 0 Å². The second-order valence-electron chi connectivity index (χ2n) is 12.8. The van der Waals surface area contributed by atoms with Crippen LogP contribution in [0.1, 0.15) is 39.0 Å². The molecular weight excluding hydrogens is 580 g/mol. The Kier molecular flexibility index (Phi) is 10.7. The van der Waals surface area contributed by atoms with Gasteiger partial charge in [0.25, 0.3) is 0 Å². The second kappa shape index (κ2) is 13.6. The van der Waals surface area contributed by atoms with Crippen LogP contribution in [0.2, 0.25) is 0 Å². The van der Waals surface area contributed by atoms with Crippen molar-refractivity contribution in [2.45, 2.75) is 149 Å². The number of ether oxygens (including phenoxy) is 5. The van der Waals surface area contributed by atoms with Gasteiger partial charge in [-0.3, -0.25) is 0 Å². The van der Waals surface area contributed by atoms with E-state index < -0.39 is 129 Å². The summed E-state index contributed by atoms with van der Waals surface area (Å²) in [7, 11) is 0. The van der Waals surface area contributed by atoms with Crippen molar-refractivity contribution >= 4 is 0 Å². The van der Waals surface area contributed by atoms with Gasteiger partial charge < -0.3 is 79.9 Å². The van der Waals surface area contributed by atoms with Gasteiger partial charge in [-0.2, -0.15) is 0 Å². The minimum Gasteiger partial charge on any atom is -0.394 e. The Balaban J connectivity index is 1.41. The molecule has 2 saturated carbocycles. The summed E-state index contributed by atoms with van der Waals surface area (Å²) in [6, 6.07) is 0. The highest BCUT2D eigenvalue weighted by atomic mass is 16.8. The number of hydrogen-bond donors (Lipinski definition) is 11. The maximum absolute atomic E-state index is 11.0. The number of hydrogen-bond acceptors (Lipinski definition) is 16. The van der Waals surface area contributed by atoms with Crippen LogP contribution in [0.4, 0.5) is 0 Å². The number of rotatable bonds is 6. The van der Waals surface area contributed by atoms with Crippen LogP contribution in [-0.2, 0) is 23.7 Å². The van der Waals surface area contributed by atoms with Crippen LogP contribution in [0, 0.1) is 11.8 Å². The van der Waals surface area contributed by atoms with Gasteiger partial charge in [-0.05, 0) is 44.9 Å². The van der Waals surface area contributed by atoms with Crippen molar-refractivity contribution in [3.05, 3.63) is 0 Å². The number of aliphatic hydroxyl groups excluding tert-OH is 11. The Hall–Kier alpha value is -0.640. The van der Waals surface area contributed by atoms with Crippen molar-refractivity contribution in [3.63, 3.8) is 0 Å². The lowest BCUT2D eigenvalue weighted by atomic mass is 9.72. The first kappa shape index (κ1) is 33.7. The third-order valence-corrected chi connectivity index (χ3v) is 9.77. The van der Waals surface area contributed by atoms with Crippen molar-refractivity contribution in [2.24, 2.45) is 11.8 Å². The summed E-state index contributed by atoms with van der Waals surface area (Å²) in [6.07, 6.45) is -22.6. The van der Waals surface area contributed by atoms with Crippen molar-refractivity contribution < 1.29 is 79.9 Å². The lowest BCUT2D eigenvalue weighted by Crippen LogP contribution is -2.65. The molecule has 5 fully saturated rings. The van der Waals surface area contributed by atoms with Gasteiger partial charge in [0.1, 0.15) is 48.8 Å². The lowest BCUT2D eigenvalue weighted by molar-refractivity contribution is -0.377. The normalized spacial score (nSPS) is 56.4. The van der Waals surface area contributed by atoms with Crippen LogP contribution >= 0.6 is 0 Å². The van der Waals surface area contributed by atoms with Gasteiger partial charge >= 0.3 is 0 Å². The van der Waals surface area contributed by atoms with Gasteiger partial charge in [0.05, 0.1) is 55.4 Å². The van der Waals surface area contributed by atoms with Gasteiger partial charge in [-0.15, -0.1) is 0 Å². The molecule has 5 rings (SSSR count). The Morgan fingerprint density at radius 3 is 1.93 bits per heavy atom. The molecule has 3 saturated heterocycles. The Morgan fingerprint density at radius 2 is 1.28 bits per heavy atom. The zero-order chi connectivity index (χ0) is 31.3. The minimum atomic E-state index is -1.75. The first-order valence-corrected chi connectivity index (χ1v) is 15.0. The summed E-state index contributed by atoms with van der Waals surface area (Å²) >= 11 is 0. The molecular formula is C27H46O16. The van der Waals surface area contributed by atoms with Gasteiger partial charge in [0, 0.05) is 5.92 Å². The molecule has 0 aromatic heterocycles. The molecule has 0 spiro atoms. The first-order valence-electron chi connectivity index (χ1n) is 15.0. The molecule has 0 aromatic rings. The van der Waals surface area contributed by atoms with Crippen LogP contribution in [0.5, 0.6) is 0 Å². The fraction of sp³-hybridized carbons (Fsp3) is 1.00. The quantitative estimate of drug-likeness (QED) is 0.132. The highest BCUT2D eigenvalue weighted by molar-refractivity contribution is 5.00. The van der Waals surface area contributed by atoms with Crippen molar-refractivity contribution in [1.29, 1.82) is 0 Å². The summed E-state index contributed by atoms with van der Waals surface area (Å²) in [6.45, 7) is 0.728. The van der Waals surface area contributed by atoms with E-state index >= 15 is 0 Å². The molecule has 2 aliphatic carbocycles. The summed E-state index contributed by atoms with van der Waals surface area (Å²) in [5.74, 6) is -1.04. The molecule has 3 heterocycles. The standard InChI is InChI=1S/C27H46O16/c1-8-18(33)21(36)23(38)26(39-8)43-25-22(37)20(35)17(7-28)42-27(25)41-16-6-11-12(30)4-10(29)5-15(11)40-24(16)9-2-13(31)19(34)14(32)3-9/h8-38H,2-7H2,1H3. The average molecular weight is 627 g/mol. The maximum Gasteiger partial charge on any atom is 0.187 e. The van der Waals surface area contributed by atoms with Gasteiger partial charge in [0.15, 0.2) is 12.6 Å². The van der Waals surface area contributed by atoms with Crippen LogP contribution in [-0.4, -0.2) is 173 Å². The molecule has 250 valence electrons. The maximum atomic E-state index is 11.0. The number of fused-ring (bicyclic) bond motifs is 1.